The summed E-state index contributed by atoms with van der Waals surface area (Å²) in [7, 11) is 1.82. The molecule has 1 spiro atoms. The Balaban J connectivity index is 0.00000192. The largest absolute Gasteiger partial charge is 0.378 e. The van der Waals surface area contributed by atoms with Crippen LogP contribution in [0, 0.1) is 5.41 Å². The second-order valence-electron chi connectivity index (χ2n) is 6.21. The van der Waals surface area contributed by atoms with Crippen molar-refractivity contribution in [2.75, 3.05) is 13.7 Å². The Morgan fingerprint density at radius 3 is 2.83 bits per heavy atom. The molecule has 0 aromatic carbocycles. The molecule has 23 heavy (non-hydrogen) atoms. The van der Waals surface area contributed by atoms with Gasteiger partial charge >= 0.3 is 0 Å². The minimum Gasteiger partial charge on any atom is -0.378 e. The van der Waals surface area contributed by atoms with Crippen molar-refractivity contribution in [3.8, 4) is 0 Å². The number of ether oxygens (including phenoxy) is 1. The van der Waals surface area contributed by atoms with Crippen molar-refractivity contribution in [1.82, 2.24) is 15.6 Å². The van der Waals surface area contributed by atoms with Crippen LogP contribution in [0.5, 0.6) is 0 Å². The first-order chi connectivity index (χ1) is 10.8. The van der Waals surface area contributed by atoms with Gasteiger partial charge in [0, 0.05) is 31.3 Å². The fourth-order valence-corrected chi connectivity index (χ4v) is 3.68. The summed E-state index contributed by atoms with van der Waals surface area (Å²) in [5.74, 6) is 0.858. The molecule has 0 radical (unpaired) electrons. The molecule has 128 valence electrons. The number of aliphatic imine (C=N–C) groups is 1. The van der Waals surface area contributed by atoms with Gasteiger partial charge in [-0.1, -0.05) is 12.5 Å². The van der Waals surface area contributed by atoms with Gasteiger partial charge in [0.1, 0.15) is 0 Å². The second-order valence-corrected chi connectivity index (χ2v) is 6.21. The summed E-state index contributed by atoms with van der Waals surface area (Å²) in [6.45, 7) is 3.58. The van der Waals surface area contributed by atoms with Crippen LogP contribution in [0.1, 0.15) is 38.3 Å². The summed E-state index contributed by atoms with van der Waals surface area (Å²) in [5.41, 5.74) is 1.36. The predicted octanol–water partition coefficient (Wildman–Crippen LogP) is 2.71. The van der Waals surface area contributed by atoms with Crippen LogP contribution in [0.15, 0.2) is 29.4 Å². The van der Waals surface area contributed by atoms with Gasteiger partial charge in [-0.15, -0.1) is 24.0 Å². The number of rotatable bonds is 5. The molecule has 2 saturated carbocycles. The molecule has 2 aliphatic carbocycles. The average molecular weight is 430 g/mol. The van der Waals surface area contributed by atoms with E-state index in [-0.39, 0.29) is 24.0 Å². The summed E-state index contributed by atoms with van der Waals surface area (Å²) in [4.78, 5) is 8.67. The second kappa shape index (κ2) is 8.28. The van der Waals surface area contributed by atoms with Gasteiger partial charge in [-0.2, -0.15) is 0 Å². The van der Waals surface area contributed by atoms with E-state index in [4.69, 9.17) is 4.74 Å². The highest BCUT2D eigenvalue weighted by molar-refractivity contribution is 14.0. The van der Waals surface area contributed by atoms with Crippen molar-refractivity contribution in [1.29, 1.82) is 0 Å². The van der Waals surface area contributed by atoms with Gasteiger partial charge in [0.25, 0.3) is 0 Å². The molecule has 1 aromatic rings. The number of hydrogen-bond acceptors (Lipinski definition) is 3. The lowest BCUT2D eigenvalue weighted by Crippen LogP contribution is -2.68. The summed E-state index contributed by atoms with van der Waals surface area (Å²) in [6.07, 6.45) is 7.19. The number of guanidine groups is 1. The van der Waals surface area contributed by atoms with Crippen LogP contribution in [0.3, 0.4) is 0 Å². The Kier molecular flexibility index (Phi) is 6.64. The van der Waals surface area contributed by atoms with Gasteiger partial charge in [-0.3, -0.25) is 9.98 Å². The van der Waals surface area contributed by atoms with Gasteiger partial charge in [0.05, 0.1) is 18.3 Å². The minimum absolute atomic E-state index is 0. The van der Waals surface area contributed by atoms with Crippen molar-refractivity contribution in [2.45, 2.75) is 51.3 Å². The number of nitrogens with one attached hydrogen (secondary N) is 2. The lowest BCUT2D eigenvalue weighted by atomic mass is 9.51. The molecule has 2 aliphatic rings. The number of hydrogen-bond donors (Lipinski definition) is 2. The van der Waals surface area contributed by atoms with Crippen LogP contribution >= 0.6 is 24.0 Å². The van der Waals surface area contributed by atoms with E-state index < -0.39 is 0 Å². The van der Waals surface area contributed by atoms with E-state index in [2.05, 4.69) is 27.5 Å². The van der Waals surface area contributed by atoms with Gasteiger partial charge in [0.15, 0.2) is 5.96 Å². The Hall–Kier alpha value is -0.890. The van der Waals surface area contributed by atoms with E-state index in [1.165, 1.54) is 19.3 Å². The van der Waals surface area contributed by atoms with Crippen molar-refractivity contribution < 1.29 is 4.74 Å². The Morgan fingerprint density at radius 1 is 1.43 bits per heavy atom. The van der Waals surface area contributed by atoms with E-state index in [9.17, 15) is 0 Å². The first-order valence-electron chi connectivity index (χ1n) is 8.27. The zero-order chi connectivity index (χ0) is 15.4. The summed E-state index contributed by atoms with van der Waals surface area (Å²) >= 11 is 0. The molecule has 6 heteroatoms. The molecular weight excluding hydrogens is 403 g/mol. The maximum absolute atomic E-state index is 5.90. The lowest BCUT2D eigenvalue weighted by Gasteiger charge is -2.61. The van der Waals surface area contributed by atoms with Crippen LogP contribution in [-0.2, 0) is 11.3 Å². The monoisotopic (exact) mass is 430 g/mol. The molecule has 2 atom stereocenters. The first kappa shape index (κ1) is 18.4. The van der Waals surface area contributed by atoms with Crippen LogP contribution < -0.4 is 10.6 Å². The quantitative estimate of drug-likeness (QED) is 0.429. The van der Waals surface area contributed by atoms with Gasteiger partial charge < -0.3 is 15.4 Å². The summed E-state index contributed by atoms with van der Waals surface area (Å²) in [5, 5.41) is 6.94. The van der Waals surface area contributed by atoms with E-state index >= 15 is 0 Å². The Labute approximate surface area is 155 Å². The molecule has 1 heterocycles. The molecule has 0 aliphatic heterocycles. The predicted molar refractivity (Wildman–Crippen MR) is 103 cm³/mol. The molecule has 0 amide bonds. The minimum atomic E-state index is 0. The molecule has 5 nitrogen and oxygen atoms in total. The molecule has 1 aromatic heterocycles. The van der Waals surface area contributed by atoms with E-state index in [0.717, 1.165) is 24.7 Å². The maximum atomic E-state index is 5.90. The first-order valence-corrected chi connectivity index (χ1v) is 8.27. The maximum Gasteiger partial charge on any atom is 0.191 e. The van der Waals surface area contributed by atoms with Crippen molar-refractivity contribution in [2.24, 2.45) is 10.4 Å². The number of halogens is 1. The van der Waals surface area contributed by atoms with Crippen LogP contribution in [0.2, 0.25) is 0 Å². The van der Waals surface area contributed by atoms with E-state index in [1.807, 2.05) is 31.4 Å². The van der Waals surface area contributed by atoms with E-state index in [0.29, 0.717) is 24.1 Å². The summed E-state index contributed by atoms with van der Waals surface area (Å²) < 4.78 is 5.90. The zero-order valence-corrected chi connectivity index (χ0v) is 16.2. The van der Waals surface area contributed by atoms with Crippen LogP contribution in [-0.4, -0.2) is 36.7 Å². The fraction of sp³-hybridized carbons (Fsp3) is 0.647. The molecule has 2 fully saturated rings. The molecule has 3 rings (SSSR count). The third-order valence-electron chi connectivity index (χ3n) is 5.13. The zero-order valence-electron chi connectivity index (χ0n) is 13.9. The van der Waals surface area contributed by atoms with Gasteiger partial charge in [-0.05, 0) is 38.3 Å². The van der Waals surface area contributed by atoms with Crippen molar-refractivity contribution in [3.63, 3.8) is 0 Å². The average Bonchev–Trinajstić information content (AvgIpc) is 2.48. The van der Waals surface area contributed by atoms with Gasteiger partial charge in [0.2, 0.25) is 0 Å². The Morgan fingerprint density at radius 2 is 2.26 bits per heavy atom. The molecule has 0 bridgehead atoms. The normalized spacial score (nSPS) is 25.0. The highest BCUT2D eigenvalue weighted by atomic mass is 127. The van der Waals surface area contributed by atoms with Crippen molar-refractivity contribution >= 4 is 29.9 Å². The van der Waals surface area contributed by atoms with Crippen LogP contribution in [0.25, 0.3) is 0 Å². The Bertz CT molecular complexity index is 519. The lowest BCUT2D eigenvalue weighted by molar-refractivity contribution is -0.168. The number of nitrogens with zero attached hydrogens (tertiary/aromatic N) is 2. The third kappa shape index (κ3) is 3.79. The SMILES string of the molecule is CCOC1CC(NC(=NC)NCc2ccccn2)C12CCC2.I. The fourth-order valence-electron chi connectivity index (χ4n) is 3.68. The van der Waals surface area contributed by atoms with Crippen molar-refractivity contribution in [3.05, 3.63) is 30.1 Å². The topological polar surface area (TPSA) is 58.5 Å². The van der Waals surface area contributed by atoms with E-state index in [1.54, 1.807) is 0 Å². The van der Waals surface area contributed by atoms with Gasteiger partial charge in [-0.25, -0.2) is 0 Å². The standard InChI is InChI=1S/C17H26N4O.HI/c1-3-22-15-11-14(17(15)8-6-9-17)21-16(18-2)20-12-13-7-4-5-10-19-13;/h4-5,7,10,14-15H,3,6,8-9,11-12H2,1-2H3,(H2,18,20,21);1H. The smallest absolute Gasteiger partial charge is 0.191 e. The molecule has 2 unspecified atom stereocenters. The molecule has 2 N–H and O–H groups in total. The summed E-state index contributed by atoms with van der Waals surface area (Å²) in [6, 6.07) is 6.43. The highest BCUT2D eigenvalue weighted by Crippen LogP contribution is 2.57. The molecule has 0 saturated heterocycles. The highest BCUT2D eigenvalue weighted by Gasteiger charge is 2.59. The number of pyridine rings is 1. The molecular formula is C17H27IN4O. The van der Waals surface area contributed by atoms with Crippen LogP contribution in [0.4, 0.5) is 0 Å². The third-order valence-corrected chi connectivity index (χ3v) is 5.13. The number of aromatic nitrogens is 1.